The molecule has 4 aromatic rings. The molecule has 9 heteroatoms. The summed E-state index contributed by atoms with van der Waals surface area (Å²) in [5, 5.41) is 4.42. The number of nitrogens with one attached hydrogen (secondary N) is 2. The van der Waals surface area contributed by atoms with Crippen LogP contribution in [0, 0.1) is 5.82 Å². The first-order valence-electron chi connectivity index (χ1n) is 10.9. The van der Waals surface area contributed by atoms with Crippen LogP contribution in [0.5, 0.6) is 17.2 Å². The van der Waals surface area contributed by atoms with Gasteiger partial charge >= 0.3 is 0 Å². The third-order valence-electron chi connectivity index (χ3n) is 5.70. The summed E-state index contributed by atoms with van der Waals surface area (Å²) in [5.41, 5.74) is 2.48. The van der Waals surface area contributed by atoms with Crippen LogP contribution in [0.4, 0.5) is 10.1 Å². The van der Waals surface area contributed by atoms with Crippen molar-refractivity contribution in [2.45, 2.75) is 13.1 Å². The molecule has 0 saturated carbocycles. The van der Waals surface area contributed by atoms with E-state index in [4.69, 9.17) is 26.4 Å². The van der Waals surface area contributed by atoms with Crippen molar-refractivity contribution in [1.82, 2.24) is 9.88 Å². The van der Waals surface area contributed by atoms with Crippen molar-refractivity contribution in [3.8, 4) is 17.2 Å². The van der Waals surface area contributed by atoms with E-state index >= 15 is 0 Å². The predicted octanol–water partition coefficient (Wildman–Crippen LogP) is 4.80. The number of hydrogen-bond donors (Lipinski definition) is 2. The number of aromatic nitrogens is 1. The Bertz CT molecular complexity index is 1460. The van der Waals surface area contributed by atoms with Crippen molar-refractivity contribution in [3.63, 3.8) is 0 Å². The van der Waals surface area contributed by atoms with Gasteiger partial charge in [-0.25, -0.2) is 4.39 Å². The monoisotopic (exact) mass is 491 g/mol. The summed E-state index contributed by atoms with van der Waals surface area (Å²) in [6.45, 7) is 0.731. The quantitative estimate of drug-likeness (QED) is 0.375. The molecule has 0 saturated heterocycles. The average Bonchev–Trinajstić information content (AvgIpc) is 3.31. The molecule has 0 aliphatic carbocycles. The van der Waals surface area contributed by atoms with Gasteiger partial charge in [-0.1, -0.05) is 24.3 Å². The van der Waals surface area contributed by atoms with Gasteiger partial charge in [0.25, 0.3) is 5.56 Å². The van der Waals surface area contributed by atoms with Gasteiger partial charge in [0.05, 0.1) is 24.9 Å². The summed E-state index contributed by atoms with van der Waals surface area (Å²) in [5.74, 6) is 1.55. The molecule has 0 radical (unpaired) electrons. The normalized spacial score (nSPS) is 11.9. The van der Waals surface area contributed by atoms with Crippen LogP contribution in [0.1, 0.15) is 11.1 Å². The zero-order valence-corrected chi connectivity index (χ0v) is 19.7. The number of aromatic amines is 1. The molecule has 0 fully saturated rings. The second kappa shape index (κ2) is 9.63. The molecule has 35 heavy (non-hydrogen) atoms. The van der Waals surface area contributed by atoms with E-state index in [2.05, 4.69) is 10.3 Å². The van der Waals surface area contributed by atoms with Crippen LogP contribution >= 0.6 is 12.2 Å². The summed E-state index contributed by atoms with van der Waals surface area (Å²) < 4.78 is 29.8. The number of halogens is 1. The molecule has 0 unspecified atom stereocenters. The largest absolute Gasteiger partial charge is 0.495 e. The number of pyridine rings is 1. The molecule has 7 nitrogen and oxygen atoms in total. The Kier molecular flexibility index (Phi) is 6.24. The van der Waals surface area contributed by atoms with E-state index in [1.165, 1.54) is 12.1 Å². The highest BCUT2D eigenvalue weighted by atomic mass is 32.1. The van der Waals surface area contributed by atoms with E-state index in [1.807, 2.05) is 41.3 Å². The first kappa shape index (κ1) is 22.7. The van der Waals surface area contributed by atoms with Crippen LogP contribution in [0.15, 0.2) is 71.5 Å². The van der Waals surface area contributed by atoms with E-state index in [0.29, 0.717) is 45.7 Å². The maximum Gasteiger partial charge on any atom is 0.253 e. The average molecular weight is 492 g/mol. The minimum atomic E-state index is -0.320. The van der Waals surface area contributed by atoms with Gasteiger partial charge in [0.2, 0.25) is 6.79 Å². The molecule has 0 spiro atoms. The molecule has 2 N–H and O–H groups in total. The maximum atomic E-state index is 13.5. The first-order valence-corrected chi connectivity index (χ1v) is 11.3. The fourth-order valence-electron chi connectivity index (χ4n) is 3.92. The number of rotatable bonds is 6. The number of para-hydroxylation sites is 2. The van der Waals surface area contributed by atoms with Crippen LogP contribution < -0.4 is 25.1 Å². The molecule has 1 aliphatic rings. The van der Waals surface area contributed by atoms with Gasteiger partial charge in [0.1, 0.15) is 11.6 Å². The second-order valence-electron chi connectivity index (χ2n) is 8.03. The lowest BCUT2D eigenvalue weighted by Crippen LogP contribution is -2.35. The number of anilines is 1. The lowest BCUT2D eigenvalue weighted by Gasteiger charge is -2.26. The van der Waals surface area contributed by atoms with Crippen molar-refractivity contribution in [2.24, 2.45) is 0 Å². The van der Waals surface area contributed by atoms with Crippen LogP contribution in [0.2, 0.25) is 0 Å². The van der Waals surface area contributed by atoms with Gasteiger partial charge in [0, 0.05) is 23.6 Å². The lowest BCUT2D eigenvalue weighted by atomic mass is 10.1. The Labute approximate surface area is 206 Å². The molecular formula is C26H22FN3O4S. The van der Waals surface area contributed by atoms with E-state index in [9.17, 15) is 9.18 Å². The topological polar surface area (TPSA) is 75.8 Å². The molecule has 1 aromatic heterocycles. The fraction of sp³-hybridized carbons (Fsp3) is 0.154. The molecule has 0 atom stereocenters. The first-order chi connectivity index (χ1) is 17.0. The Morgan fingerprint density at radius 2 is 1.83 bits per heavy atom. The number of ether oxygens (including phenoxy) is 3. The van der Waals surface area contributed by atoms with Crippen molar-refractivity contribution >= 4 is 33.9 Å². The standard InChI is InChI=1S/C26H22FN3O4S/c1-32-22-5-3-2-4-20(22)29-26(35)30(13-16-6-8-19(27)9-7-16)14-18-10-17-11-23-24(34-15-33-23)12-21(17)28-25(18)31/h2-12H,13-15H2,1H3,(H,28,31)(H,29,35). The second-order valence-corrected chi connectivity index (χ2v) is 8.42. The Balaban J connectivity index is 1.47. The smallest absolute Gasteiger partial charge is 0.253 e. The highest BCUT2D eigenvalue weighted by molar-refractivity contribution is 7.80. The summed E-state index contributed by atoms with van der Waals surface area (Å²) >= 11 is 5.73. The molecule has 1 aliphatic heterocycles. The maximum absolute atomic E-state index is 13.5. The molecule has 5 rings (SSSR count). The summed E-state index contributed by atoms with van der Waals surface area (Å²) in [6.07, 6.45) is 0. The minimum Gasteiger partial charge on any atom is -0.495 e. The van der Waals surface area contributed by atoms with Gasteiger partial charge in [-0.3, -0.25) is 4.79 Å². The Morgan fingerprint density at radius 3 is 2.60 bits per heavy atom. The Hall–Kier alpha value is -4.11. The highest BCUT2D eigenvalue weighted by Gasteiger charge is 2.18. The van der Waals surface area contributed by atoms with Crippen LogP contribution in [-0.2, 0) is 13.1 Å². The van der Waals surface area contributed by atoms with Crippen molar-refractivity contribution in [1.29, 1.82) is 0 Å². The van der Waals surface area contributed by atoms with Gasteiger partial charge in [-0.15, -0.1) is 0 Å². The zero-order valence-electron chi connectivity index (χ0n) is 18.8. The predicted molar refractivity (Wildman–Crippen MR) is 136 cm³/mol. The molecule has 0 bridgehead atoms. The molecular weight excluding hydrogens is 469 g/mol. The molecule has 2 heterocycles. The lowest BCUT2D eigenvalue weighted by molar-refractivity contribution is 0.174. The van der Waals surface area contributed by atoms with Crippen LogP contribution in [0.3, 0.4) is 0 Å². The minimum absolute atomic E-state index is 0.150. The number of thiocarbonyl (C=S) groups is 1. The summed E-state index contributed by atoms with van der Waals surface area (Å²) in [4.78, 5) is 17.7. The van der Waals surface area contributed by atoms with Crippen molar-refractivity contribution < 1.29 is 18.6 Å². The number of fused-ring (bicyclic) bond motifs is 2. The number of hydrogen-bond acceptors (Lipinski definition) is 5. The zero-order chi connectivity index (χ0) is 24.4. The summed E-state index contributed by atoms with van der Waals surface area (Å²) in [6, 6.07) is 19.0. The van der Waals surface area contributed by atoms with Gasteiger partial charge < -0.3 is 29.4 Å². The number of H-pyrrole nitrogens is 1. The van der Waals surface area contributed by atoms with Crippen LogP contribution in [0.25, 0.3) is 10.9 Å². The number of nitrogens with zero attached hydrogens (tertiary/aromatic N) is 1. The van der Waals surface area contributed by atoms with Gasteiger partial charge in [0.15, 0.2) is 16.6 Å². The van der Waals surface area contributed by atoms with Crippen molar-refractivity contribution in [3.05, 3.63) is 94.0 Å². The summed E-state index contributed by atoms with van der Waals surface area (Å²) in [7, 11) is 1.58. The van der Waals surface area contributed by atoms with Crippen LogP contribution in [-0.4, -0.2) is 28.9 Å². The van der Waals surface area contributed by atoms with E-state index < -0.39 is 0 Å². The molecule has 3 aromatic carbocycles. The van der Waals surface area contributed by atoms with E-state index in [-0.39, 0.29) is 24.7 Å². The highest BCUT2D eigenvalue weighted by Crippen LogP contribution is 2.35. The van der Waals surface area contributed by atoms with Crippen molar-refractivity contribution in [2.75, 3.05) is 19.2 Å². The molecule has 178 valence electrons. The van der Waals surface area contributed by atoms with Gasteiger partial charge in [-0.05, 0) is 54.2 Å². The number of methoxy groups -OCH3 is 1. The fourth-order valence-corrected chi connectivity index (χ4v) is 4.16. The molecule has 0 amide bonds. The van der Waals surface area contributed by atoms with Gasteiger partial charge in [-0.2, -0.15) is 0 Å². The third kappa shape index (κ3) is 4.90. The SMILES string of the molecule is COc1ccccc1NC(=S)N(Cc1ccc(F)cc1)Cc1cc2cc3c(cc2[nH]c1=O)OCO3. The third-order valence-corrected chi connectivity index (χ3v) is 6.06. The van der Waals surface area contributed by atoms with E-state index in [0.717, 1.165) is 10.9 Å². The Morgan fingerprint density at radius 1 is 1.09 bits per heavy atom. The van der Waals surface area contributed by atoms with E-state index in [1.54, 1.807) is 25.3 Å². The number of benzene rings is 3.